The van der Waals surface area contributed by atoms with Crippen LogP contribution in [0.15, 0.2) is 41.5 Å². The van der Waals surface area contributed by atoms with E-state index in [4.69, 9.17) is 11.6 Å². The Hall–Kier alpha value is -2.27. The molecule has 1 aliphatic rings. The Morgan fingerprint density at radius 3 is 2.65 bits per heavy atom. The van der Waals surface area contributed by atoms with Gasteiger partial charge in [0.05, 0.1) is 11.4 Å². The lowest BCUT2D eigenvalue weighted by molar-refractivity contribution is -0.113. The minimum absolute atomic E-state index is 0.163. The number of H-pyrrole nitrogens is 1. The zero-order valence-electron chi connectivity index (χ0n) is 14.5. The summed E-state index contributed by atoms with van der Waals surface area (Å²) in [4.78, 5) is 23.5. The molecule has 1 N–H and O–H groups in total. The summed E-state index contributed by atoms with van der Waals surface area (Å²) in [6.45, 7) is 0. The maximum atomic E-state index is 13.0. The summed E-state index contributed by atoms with van der Waals surface area (Å²) in [5, 5.41) is 0.464. The Morgan fingerprint density at radius 1 is 1.15 bits per heavy atom. The molecule has 1 aromatic heterocycles. The van der Waals surface area contributed by atoms with Crippen molar-refractivity contribution in [3.8, 4) is 11.4 Å². The molecule has 0 fully saturated rings. The number of carbonyl (C=O) groups excluding carboxylic acids is 1. The monoisotopic (exact) mass is 373 g/mol. The zero-order valence-corrected chi connectivity index (χ0v) is 15.2. The van der Waals surface area contributed by atoms with Crippen molar-refractivity contribution in [1.82, 2.24) is 9.97 Å². The summed E-state index contributed by atoms with van der Waals surface area (Å²) in [5.41, 5.74) is 2.39. The number of carbonyl (C=O) groups is 1. The number of rotatable bonds is 9. The maximum absolute atomic E-state index is 13.0. The fraction of sp³-hybridized carbons (Fsp3) is 0.350. The average Bonchev–Trinajstić information content (AvgIpc) is 3.29. The van der Waals surface area contributed by atoms with Crippen LogP contribution < -0.4 is 0 Å². The minimum Gasteiger partial charge on any atom is -0.341 e. The third kappa shape index (κ3) is 4.88. The molecule has 0 bridgehead atoms. The zero-order chi connectivity index (χ0) is 18.4. The molecule has 4 nitrogen and oxygen atoms in total. The first-order valence-corrected chi connectivity index (χ1v) is 9.26. The van der Waals surface area contributed by atoms with Gasteiger partial charge in [-0.25, -0.2) is 9.37 Å². The highest BCUT2D eigenvalue weighted by Crippen LogP contribution is 2.23. The van der Waals surface area contributed by atoms with Crippen LogP contribution in [0.25, 0.3) is 11.4 Å². The van der Waals surface area contributed by atoms with Gasteiger partial charge in [-0.3, -0.25) is 9.79 Å². The number of Topliss-reactive ketones (excluding diaryl/α,β-unsaturated/α-hetero) is 1. The molecule has 0 unspecified atom stereocenters. The van der Waals surface area contributed by atoms with E-state index in [0.29, 0.717) is 29.5 Å². The van der Waals surface area contributed by atoms with Crippen molar-refractivity contribution in [2.75, 3.05) is 0 Å². The number of nitrogens with zero attached hydrogens (tertiary/aromatic N) is 2. The molecule has 26 heavy (non-hydrogen) atoms. The first kappa shape index (κ1) is 18.5. The quantitative estimate of drug-likeness (QED) is 0.607. The van der Waals surface area contributed by atoms with Gasteiger partial charge in [0.1, 0.15) is 11.6 Å². The third-order valence-electron chi connectivity index (χ3n) is 4.40. The molecule has 0 saturated carbocycles. The van der Waals surface area contributed by atoms with Crippen LogP contribution in [0.4, 0.5) is 4.39 Å². The molecule has 0 atom stereocenters. The van der Waals surface area contributed by atoms with E-state index in [-0.39, 0.29) is 11.6 Å². The van der Waals surface area contributed by atoms with Gasteiger partial charge < -0.3 is 4.98 Å². The van der Waals surface area contributed by atoms with Crippen molar-refractivity contribution >= 4 is 23.1 Å². The van der Waals surface area contributed by atoms with Gasteiger partial charge in [0.15, 0.2) is 10.9 Å². The molecule has 136 valence electrons. The second-order valence-corrected chi connectivity index (χ2v) is 6.72. The van der Waals surface area contributed by atoms with Crippen molar-refractivity contribution in [2.24, 2.45) is 4.99 Å². The predicted molar refractivity (Wildman–Crippen MR) is 102 cm³/mol. The van der Waals surface area contributed by atoms with Crippen LogP contribution in [0.5, 0.6) is 0 Å². The molecule has 2 heterocycles. The van der Waals surface area contributed by atoms with E-state index >= 15 is 0 Å². The largest absolute Gasteiger partial charge is 0.341 e. The topological polar surface area (TPSA) is 58.1 Å². The van der Waals surface area contributed by atoms with Gasteiger partial charge in [-0.15, -0.1) is 0 Å². The van der Waals surface area contributed by atoms with E-state index < -0.39 is 0 Å². The van der Waals surface area contributed by atoms with E-state index in [1.54, 1.807) is 18.3 Å². The number of aliphatic imine (C=N–C) groups is 1. The molecule has 2 aromatic rings. The predicted octanol–water partition coefficient (Wildman–Crippen LogP) is 5.29. The number of halogens is 2. The molecule has 1 aromatic carbocycles. The highest BCUT2D eigenvalue weighted by atomic mass is 35.5. The lowest BCUT2D eigenvalue weighted by Crippen LogP contribution is -2.10. The molecule has 3 rings (SSSR count). The SMILES string of the molecule is O=C(CCCCCCc1[nH]c(-c2ccc(F)cc2)nc1Cl)C1=NC=CC1. The van der Waals surface area contributed by atoms with Gasteiger partial charge in [0.2, 0.25) is 0 Å². The van der Waals surface area contributed by atoms with Crippen molar-refractivity contribution in [1.29, 1.82) is 0 Å². The number of hydrogen-bond donors (Lipinski definition) is 1. The molecular formula is C20H21ClFN3O. The Bertz CT molecular complexity index is 824. The van der Waals surface area contributed by atoms with Crippen molar-refractivity contribution in [2.45, 2.75) is 44.9 Å². The van der Waals surface area contributed by atoms with E-state index in [1.807, 2.05) is 6.08 Å². The van der Waals surface area contributed by atoms with Crippen molar-refractivity contribution in [3.05, 3.63) is 53.2 Å². The maximum Gasteiger partial charge on any atom is 0.177 e. The number of aryl methyl sites for hydroxylation is 1. The summed E-state index contributed by atoms with van der Waals surface area (Å²) < 4.78 is 13.0. The summed E-state index contributed by atoms with van der Waals surface area (Å²) in [6, 6.07) is 6.16. The Labute approximate surface area is 157 Å². The van der Waals surface area contributed by atoms with Gasteiger partial charge in [-0.1, -0.05) is 30.5 Å². The van der Waals surface area contributed by atoms with Crippen LogP contribution in [0.2, 0.25) is 5.15 Å². The van der Waals surface area contributed by atoms with Crippen LogP contribution in [0.3, 0.4) is 0 Å². The Morgan fingerprint density at radius 2 is 1.92 bits per heavy atom. The van der Waals surface area contributed by atoms with Crippen LogP contribution in [-0.2, 0) is 11.2 Å². The number of benzene rings is 1. The molecule has 0 saturated heterocycles. The second-order valence-electron chi connectivity index (χ2n) is 6.36. The normalized spacial score (nSPS) is 13.2. The molecule has 1 aliphatic heterocycles. The fourth-order valence-electron chi connectivity index (χ4n) is 2.93. The van der Waals surface area contributed by atoms with Crippen LogP contribution in [0, 0.1) is 5.82 Å². The Kier molecular flexibility index (Phi) is 6.34. The van der Waals surface area contributed by atoms with E-state index in [2.05, 4.69) is 15.0 Å². The number of nitrogens with one attached hydrogen (secondary N) is 1. The van der Waals surface area contributed by atoms with Gasteiger partial charge in [-0.2, -0.15) is 0 Å². The molecule has 0 amide bonds. The smallest absolute Gasteiger partial charge is 0.177 e. The molecule has 0 spiro atoms. The fourth-order valence-corrected chi connectivity index (χ4v) is 3.16. The minimum atomic E-state index is -0.277. The third-order valence-corrected chi connectivity index (χ3v) is 4.71. The molecule has 0 radical (unpaired) electrons. The highest BCUT2D eigenvalue weighted by Gasteiger charge is 2.12. The van der Waals surface area contributed by atoms with Crippen LogP contribution in [-0.4, -0.2) is 21.5 Å². The Balaban J connectivity index is 1.39. The lowest BCUT2D eigenvalue weighted by Gasteiger charge is -2.02. The summed E-state index contributed by atoms with van der Waals surface area (Å²) in [5.74, 6) is 0.540. The number of ketones is 1. The number of imidazole rings is 1. The number of aromatic nitrogens is 2. The van der Waals surface area contributed by atoms with Gasteiger partial charge in [0.25, 0.3) is 0 Å². The van der Waals surface area contributed by atoms with E-state index in [9.17, 15) is 9.18 Å². The van der Waals surface area contributed by atoms with Gasteiger partial charge in [-0.05, 0) is 43.5 Å². The second kappa shape index (κ2) is 8.90. The van der Waals surface area contributed by atoms with Crippen LogP contribution in [0.1, 0.15) is 44.2 Å². The van der Waals surface area contributed by atoms with Crippen LogP contribution >= 0.6 is 11.6 Å². The average molecular weight is 374 g/mol. The standard InChI is InChI=1S/C20H21ClFN3O/c21-19-17(24-20(25-19)14-9-11-15(22)12-10-14)6-3-1-2-4-8-18(26)16-7-5-13-23-16/h5,9-13H,1-4,6-8H2,(H,24,25). The lowest BCUT2D eigenvalue weighted by atomic mass is 10.0. The first-order valence-electron chi connectivity index (χ1n) is 8.88. The number of unbranched alkanes of at least 4 members (excludes halogenated alkanes) is 3. The molecule has 6 heteroatoms. The van der Waals surface area contributed by atoms with Crippen molar-refractivity contribution in [3.63, 3.8) is 0 Å². The first-order chi connectivity index (χ1) is 12.6. The molecular weight excluding hydrogens is 353 g/mol. The number of hydrogen-bond acceptors (Lipinski definition) is 3. The number of allylic oxidation sites excluding steroid dienone is 1. The van der Waals surface area contributed by atoms with Crippen molar-refractivity contribution < 1.29 is 9.18 Å². The van der Waals surface area contributed by atoms with Gasteiger partial charge >= 0.3 is 0 Å². The highest BCUT2D eigenvalue weighted by molar-refractivity contribution is 6.40. The van der Waals surface area contributed by atoms with E-state index in [0.717, 1.165) is 43.4 Å². The summed E-state index contributed by atoms with van der Waals surface area (Å²) in [7, 11) is 0. The summed E-state index contributed by atoms with van der Waals surface area (Å²) >= 11 is 6.20. The number of aromatic amines is 1. The summed E-state index contributed by atoms with van der Waals surface area (Å²) in [6.07, 6.45) is 9.54. The van der Waals surface area contributed by atoms with E-state index in [1.165, 1.54) is 12.1 Å². The van der Waals surface area contributed by atoms with Gasteiger partial charge in [0, 0.05) is 24.6 Å². The molecule has 0 aliphatic carbocycles.